The van der Waals surface area contributed by atoms with Crippen LogP contribution in [0.15, 0.2) is 66.7 Å². The van der Waals surface area contributed by atoms with Crippen molar-refractivity contribution in [3.05, 3.63) is 83.4 Å². The van der Waals surface area contributed by atoms with Crippen LogP contribution in [-0.4, -0.2) is 47.3 Å². The highest BCUT2D eigenvalue weighted by Gasteiger charge is 2.28. The van der Waals surface area contributed by atoms with Gasteiger partial charge in [0.25, 0.3) is 5.91 Å². The fourth-order valence-electron chi connectivity index (χ4n) is 4.26. The predicted octanol–water partition coefficient (Wildman–Crippen LogP) is 3.20. The zero-order chi connectivity index (χ0) is 24.1. The van der Waals surface area contributed by atoms with Crippen molar-refractivity contribution in [1.29, 1.82) is 0 Å². The van der Waals surface area contributed by atoms with E-state index in [-0.39, 0.29) is 5.91 Å². The maximum atomic E-state index is 13.4. The molecule has 8 heteroatoms. The van der Waals surface area contributed by atoms with Gasteiger partial charge in [-0.05, 0) is 41.3 Å². The number of hydrogen-bond donors (Lipinski definition) is 2. The first-order valence-electron chi connectivity index (χ1n) is 11.2. The summed E-state index contributed by atoms with van der Waals surface area (Å²) in [5.41, 5.74) is 5.92. The molecule has 1 aliphatic rings. The first-order chi connectivity index (χ1) is 16.4. The summed E-state index contributed by atoms with van der Waals surface area (Å²) in [6, 6.07) is 21.8. The maximum absolute atomic E-state index is 13.4. The topological polar surface area (TPSA) is 87.7 Å². The highest BCUT2D eigenvalue weighted by Crippen LogP contribution is 2.37. The van der Waals surface area contributed by atoms with Crippen molar-refractivity contribution in [2.24, 2.45) is 0 Å². The number of carbonyl (C=O) groups excluding carboxylic acids is 1. The van der Waals surface area contributed by atoms with E-state index in [0.29, 0.717) is 37.5 Å². The molecule has 0 spiro atoms. The molecule has 0 unspecified atom stereocenters. The Morgan fingerprint density at radius 2 is 1.82 bits per heavy atom. The van der Waals surface area contributed by atoms with Gasteiger partial charge in [-0.25, -0.2) is 13.1 Å². The number of methoxy groups -OCH3 is 1. The van der Waals surface area contributed by atoms with Crippen molar-refractivity contribution < 1.29 is 17.9 Å². The summed E-state index contributed by atoms with van der Waals surface area (Å²) in [6.45, 7) is 1.91. The second-order valence-corrected chi connectivity index (χ2v) is 10.1. The summed E-state index contributed by atoms with van der Waals surface area (Å²) in [5, 5.41) is 3.19. The summed E-state index contributed by atoms with van der Waals surface area (Å²) >= 11 is 0. The minimum atomic E-state index is -3.20. The second-order valence-electron chi connectivity index (χ2n) is 8.25. The van der Waals surface area contributed by atoms with Crippen LogP contribution in [0.4, 0.5) is 5.69 Å². The quantitative estimate of drug-likeness (QED) is 0.460. The molecule has 1 aliphatic heterocycles. The molecule has 0 radical (unpaired) electrons. The van der Waals surface area contributed by atoms with Crippen LogP contribution in [-0.2, 0) is 23.0 Å². The van der Waals surface area contributed by atoms with Gasteiger partial charge >= 0.3 is 0 Å². The molecule has 1 amide bonds. The van der Waals surface area contributed by atoms with Gasteiger partial charge in [-0.1, -0.05) is 48.5 Å². The second kappa shape index (κ2) is 10.4. The summed E-state index contributed by atoms with van der Waals surface area (Å²) < 4.78 is 30.3. The van der Waals surface area contributed by atoms with Gasteiger partial charge < -0.3 is 15.0 Å². The summed E-state index contributed by atoms with van der Waals surface area (Å²) in [5.74, 6) is 0.561. The number of nitrogens with one attached hydrogen (secondary N) is 2. The Labute approximate surface area is 200 Å². The molecular formula is C26H29N3O4S. The van der Waals surface area contributed by atoms with E-state index in [1.54, 1.807) is 13.2 Å². The van der Waals surface area contributed by atoms with E-state index >= 15 is 0 Å². The molecule has 0 fully saturated rings. The standard InChI is InChI=1S/C26H29N3O4S/c1-33-25-17-20(11-12-21(25)18-27-14-15-28-34(2,31)32)26(30)29-16-13-23-22(9-6-10-24(23)29)19-7-4-3-5-8-19/h3-12,17,27-28H,13-16,18H2,1-2H3. The number of rotatable bonds is 9. The van der Waals surface area contributed by atoms with Crippen LogP contribution in [0.1, 0.15) is 21.5 Å². The average molecular weight is 480 g/mol. The van der Waals surface area contributed by atoms with Crippen LogP contribution in [0.2, 0.25) is 0 Å². The van der Waals surface area contributed by atoms with E-state index in [9.17, 15) is 13.2 Å². The van der Waals surface area contributed by atoms with Gasteiger partial charge in [0.2, 0.25) is 10.0 Å². The lowest BCUT2D eigenvalue weighted by atomic mass is 9.98. The van der Waals surface area contributed by atoms with E-state index < -0.39 is 10.0 Å². The third kappa shape index (κ3) is 5.47. The highest BCUT2D eigenvalue weighted by molar-refractivity contribution is 7.88. The summed E-state index contributed by atoms with van der Waals surface area (Å²) in [4.78, 5) is 15.3. The van der Waals surface area contributed by atoms with E-state index in [0.717, 1.165) is 35.1 Å². The van der Waals surface area contributed by atoms with Crippen LogP contribution >= 0.6 is 0 Å². The molecule has 1 heterocycles. The van der Waals surface area contributed by atoms with Crippen LogP contribution < -0.4 is 19.7 Å². The molecular weight excluding hydrogens is 450 g/mol. The van der Waals surface area contributed by atoms with Crippen molar-refractivity contribution in [3.63, 3.8) is 0 Å². The number of anilines is 1. The number of nitrogens with zero attached hydrogens (tertiary/aromatic N) is 1. The molecule has 0 bridgehead atoms. The molecule has 178 valence electrons. The fourth-order valence-corrected chi connectivity index (χ4v) is 4.73. The third-order valence-corrected chi connectivity index (χ3v) is 6.60. The highest BCUT2D eigenvalue weighted by atomic mass is 32.2. The SMILES string of the molecule is COc1cc(C(=O)N2CCc3c(-c4ccccc4)cccc32)ccc1CNCCNS(C)(=O)=O. The predicted molar refractivity (Wildman–Crippen MR) is 135 cm³/mol. The Balaban J connectivity index is 1.48. The van der Waals surface area contributed by atoms with Crippen LogP contribution in [0.25, 0.3) is 11.1 Å². The molecule has 4 rings (SSSR count). The molecule has 3 aromatic carbocycles. The lowest BCUT2D eigenvalue weighted by Crippen LogP contribution is -2.31. The van der Waals surface area contributed by atoms with Crippen molar-refractivity contribution in [1.82, 2.24) is 10.0 Å². The average Bonchev–Trinajstić information content (AvgIpc) is 3.27. The number of benzene rings is 3. The Morgan fingerprint density at radius 1 is 1.03 bits per heavy atom. The van der Waals surface area contributed by atoms with Gasteiger partial charge in [-0.3, -0.25) is 4.79 Å². The van der Waals surface area contributed by atoms with E-state index in [4.69, 9.17) is 4.74 Å². The minimum Gasteiger partial charge on any atom is -0.496 e. The number of amides is 1. The first-order valence-corrected chi connectivity index (χ1v) is 13.1. The van der Waals surface area contributed by atoms with E-state index in [2.05, 4.69) is 28.2 Å². The van der Waals surface area contributed by atoms with Crippen LogP contribution in [0, 0.1) is 0 Å². The molecule has 2 N–H and O–H groups in total. The Bertz CT molecular complexity index is 1280. The number of carbonyl (C=O) groups is 1. The number of hydrogen-bond acceptors (Lipinski definition) is 5. The molecule has 0 saturated carbocycles. The normalized spacial score (nSPS) is 13.1. The zero-order valence-electron chi connectivity index (χ0n) is 19.4. The van der Waals surface area contributed by atoms with Crippen molar-refractivity contribution in [3.8, 4) is 16.9 Å². The molecule has 3 aromatic rings. The van der Waals surface area contributed by atoms with Crippen molar-refractivity contribution in [2.45, 2.75) is 13.0 Å². The van der Waals surface area contributed by atoms with Gasteiger partial charge in [-0.15, -0.1) is 0 Å². The smallest absolute Gasteiger partial charge is 0.258 e. The van der Waals surface area contributed by atoms with Crippen molar-refractivity contribution >= 4 is 21.6 Å². The number of fused-ring (bicyclic) bond motifs is 1. The molecule has 0 aliphatic carbocycles. The molecule has 34 heavy (non-hydrogen) atoms. The minimum absolute atomic E-state index is 0.0564. The number of sulfonamides is 1. The van der Waals surface area contributed by atoms with Crippen LogP contribution in [0.3, 0.4) is 0 Å². The molecule has 7 nitrogen and oxygen atoms in total. The molecule has 0 aromatic heterocycles. The Kier molecular flexibility index (Phi) is 7.31. The monoisotopic (exact) mass is 479 g/mol. The largest absolute Gasteiger partial charge is 0.496 e. The maximum Gasteiger partial charge on any atom is 0.258 e. The Hall–Kier alpha value is -3.20. The van der Waals surface area contributed by atoms with E-state index in [1.807, 2.05) is 47.4 Å². The Morgan fingerprint density at radius 3 is 2.56 bits per heavy atom. The fraction of sp³-hybridized carbons (Fsp3) is 0.269. The number of ether oxygens (including phenoxy) is 1. The van der Waals surface area contributed by atoms with Gasteiger partial charge in [0.05, 0.1) is 13.4 Å². The third-order valence-electron chi connectivity index (χ3n) is 5.87. The lowest BCUT2D eigenvalue weighted by molar-refractivity contribution is 0.0989. The van der Waals surface area contributed by atoms with Gasteiger partial charge in [0.1, 0.15) is 5.75 Å². The van der Waals surface area contributed by atoms with Gasteiger partial charge in [0, 0.05) is 43.0 Å². The molecule has 0 saturated heterocycles. The lowest BCUT2D eigenvalue weighted by Gasteiger charge is -2.19. The molecule has 0 atom stereocenters. The van der Waals surface area contributed by atoms with Crippen LogP contribution in [0.5, 0.6) is 5.75 Å². The van der Waals surface area contributed by atoms with E-state index in [1.165, 1.54) is 5.56 Å². The van der Waals surface area contributed by atoms with Crippen molar-refractivity contribution in [2.75, 3.05) is 37.9 Å². The summed E-state index contributed by atoms with van der Waals surface area (Å²) in [7, 11) is -1.62. The summed E-state index contributed by atoms with van der Waals surface area (Å²) in [6.07, 6.45) is 1.94. The first kappa shape index (κ1) is 23.9. The van der Waals surface area contributed by atoms with Gasteiger partial charge in [0.15, 0.2) is 0 Å². The zero-order valence-corrected chi connectivity index (χ0v) is 20.2. The van der Waals surface area contributed by atoms with Gasteiger partial charge in [-0.2, -0.15) is 0 Å².